The predicted octanol–water partition coefficient (Wildman–Crippen LogP) is 4.83. The first kappa shape index (κ1) is 22.0. The molecule has 7 heteroatoms. The van der Waals surface area contributed by atoms with Gasteiger partial charge in [-0.15, -0.1) is 11.3 Å². The van der Waals surface area contributed by atoms with Crippen molar-refractivity contribution in [2.45, 2.75) is 26.3 Å². The molecule has 32 heavy (non-hydrogen) atoms. The fourth-order valence-electron chi connectivity index (χ4n) is 3.93. The van der Waals surface area contributed by atoms with Crippen LogP contribution in [0.25, 0.3) is 0 Å². The highest BCUT2D eigenvalue weighted by Crippen LogP contribution is 2.35. The zero-order valence-electron chi connectivity index (χ0n) is 18.2. The third kappa shape index (κ3) is 4.54. The van der Waals surface area contributed by atoms with Gasteiger partial charge in [-0.1, -0.05) is 44.2 Å². The second-order valence-corrected chi connectivity index (χ2v) is 9.59. The number of rotatable bonds is 6. The Labute approximate surface area is 191 Å². The van der Waals surface area contributed by atoms with Crippen LogP contribution in [0.4, 0.5) is 16.2 Å². The summed E-state index contributed by atoms with van der Waals surface area (Å²) in [5.41, 5.74) is 2.63. The minimum Gasteiger partial charge on any atom is -0.396 e. The number of hydrogen-bond donors (Lipinski definition) is 3. The number of aliphatic hydroxyl groups excluding tert-OH is 1. The molecule has 3 aromatic rings. The Kier molecular flexibility index (Phi) is 6.30. The number of hydrogen-bond acceptors (Lipinski definition) is 4. The summed E-state index contributed by atoms with van der Waals surface area (Å²) in [5.74, 6) is -0.0862. The zero-order valence-corrected chi connectivity index (χ0v) is 19.0. The van der Waals surface area contributed by atoms with E-state index in [1.807, 2.05) is 55.6 Å². The van der Waals surface area contributed by atoms with Crippen LogP contribution in [0.5, 0.6) is 0 Å². The van der Waals surface area contributed by atoms with Gasteiger partial charge in [-0.05, 0) is 47.7 Å². The Hall–Kier alpha value is -3.16. The van der Waals surface area contributed by atoms with Crippen LogP contribution in [0, 0.1) is 5.41 Å². The molecule has 2 heterocycles. The van der Waals surface area contributed by atoms with Gasteiger partial charge in [0.05, 0.1) is 12.6 Å². The van der Waals surface area contributed by atoms with E-state index in [9.17, 15) is 14.7 Å². The van der Waals surface area contributed by atoms with Gasteiger partial charge in [0, 0.05) is 33.8 Å². The van der Waals surface area contributed by atoms with Crippen LogP contribution in [-0.2, 0) is 6.42 Å². The molecule has 3 amide bonds. The maximum absolute atomic E-state index is 13.1. The molecule has 1 aliphatic rings. The normalized spacial score (nSPS) is 14.0. The Morgan fingerprint density at radius 1 is 1.12 bits per heavy atom. The molecule has 1 atom stereocenters. The molecule has 0 aliphatic carbocycles. The highest BCUT2D eigenvalue weighted by molar-refractivity contribution is 7.10. The number of urea groups is 1. The monoisotopic (exact) mass is 449 g/mol. The van der Waals surface area contributed by atoms with E-state index in [-0.39, 0.29) is 24.6 Å². The highest BCUT2D eigenvalue weighted by atomic mass is 32.1. The van der Waals surface area contributed by atoms with Gasteiger partial charge < -0.3 is 20.6 Å². The lowest BCUT2D eigenvalue weighted by Gasteiger charge is -2.32. The van der Waals surface area contributed by atoms with Gasteiger partial charge in [-0.2, -0.15) is 0 Å². The third-order valence-corrected chi connectivity index (χ3v) is 6.73. The largest absolute Gasteiger partial charge is 0.396 e. The molecular formula is C25H27N3O3S. The molecule has 0 saturated carbocycles. The average molecular weight is 450 g/mol. The SMILES string of the molecule is CC(C)(CO)C(NC(=O)Nc1cccc(C(=O)N2CCc3ccccc32)c1)c1cccs1. The number of nitrogens with zero attached hydrogens (tertiary/aromatic N) is 1. The summed E-state index contributed by atoms with van der Waals surface area (Å²) in [5, 5.41) is 17.6. The molecule has 1 unspecified atom stereocenters. The first-order chi connectivity index (χ1) is 15.4. The van der Waals surface area contributed by atoms with Crippen molar-refractivity contribution in [3.63, 3.8) is 0 Å². The summed E-state index contributed by atoms with van der Waals surface area (Å²) in [6.07, 6.45) is 0.840. The lowest BCUT2D eigenvalue weighted by atomic mass is 9.84. The summed E-state index contributed by atoms with van der Waals surface area (Å²) in [7, 11) is 0. The van der Waals surface area contributed by atoms with Gasteiger partial charge >= 0.3 is 6.03 Å². The number of thiophene rings is 1. The van der Waals surface area contributed by atoms with Crippen molar-refractivity contribution >= 4 is 34.6 Å². The Bertz CT molecular complexity index is 1110. The molecule has 1 aliphatic heterocycles. The highest BCUT2D eigenvalue weighted by Gasteiger charge is 2.32. The van der Waals surface area contributed by atoms with Crippen LogP contribution in [0.1, 0.15) is 40.7 Å². The van der Waals surface area contributed by atoms with Crippen LogP contribution >= 0.6 is 11.3 Å². The Balaban J connectivity index is 1.48. The number of aliphatic hydroxyl groups is 1. The quantitative estimate of drug-likeness (QED) is 0.504. The molecule has 0 fully saturated rings. The maximum atomic E-state index is 13.1. The summed E-state index contributed by atoms with van der Waals surface area (Å²) < 4.78 is 0. The van der Waals surface area contributed by atoms with E-state index in [4.69, 9.17) is 0 Å². The Morgan fingerprint density at radius 3 is 2.69 bits per heavy atom. The topological polar surface area (TPSA) is 81.7 Å². The van der Waals surface area contributed by atoms with E-state index in [1.54, 1.807) is 29.2 Å². The number of para-hydroxylation sites is 1. The number of benzene rings is 2. The van der Waals surface area contributed by atoms with Crippen molar-refractivity contribution < 1.29 is 14.7 Å². The van der Waals surface area contributed by atoms with E-state index >= 15 is 0 Å². The van der Waals surface area contributed by atoms with E-state index in [2.05, 4.69) is 10.6 Å². The third-order valence-electron chi connectivity index (χ3n) is 5.79. The van der Waals surface area contributed by atoms with Crippen LogP contribution < -0.4 is 15.5 Å². The first-order valence-corrected chi connectivity index (χ1v) is 11.5. The van der Waals surface area contributed by atoms with E-state index in [0.717, 1.165) is 17.0 Å². The second-order valence-electron chi connectivity index (χ2n) is 8.61. The average Bonchev–Trinajstić information content (AvgIpc) is 3.47. The van der Waals surface area contributed by atoms with Crippen molar-refractivity contribution in [3.05, 3.63) is 82.0 Å². The van der Waals surface area contributed by atoms with Crippen LogP contribution in [0.15, 0.2) is 66.0 Å². The molecule has 1 aromatic heterocycles. The molecule has 2 aromatic carbocycles. The Morgan fingerprint density at radius 2 is 1.94 bits per heavy atom. The van der Waals surface area contributed by atoms with Crippen molar-refractivity contribution in [1.82, 2.24) is 5.32 Å². The standard InChI is InChI=1S/C25H27N3O3S/c1-25(2,16-29)22(21-11-6-14-32-21)27-24(31)26-19-9-5-8-18(15-19)23(30)28-13-12-17-7-3-4-10-20(17)28/h3-11,14-15,22,29H,12-13,16H2,1-2H3,(H2,26,27,31). The minimum absolute atomic E-state index is 0.0723. The summed E-state index contributed by atoms with van der Waals surface area (Å²) in [4.78, 5) is 28.7. The van der Waals surface area contributed by atoms with Crippen molar-refractivity contribution in [2.75, 3.05) is 23.4 Å². The summed E-state index contributed by atoms with van der Waals surface area (Å²) in [6, 6.07) is 18.0. The molecule has 0 saturated heterocycles. The van der Waals surface area contributed by atoms with Gasteiger partial charge in [0.25, 0.3) is 5.91 Å². The molecule has 6 nitrogen and oxygen atoms in total. The maximum Gasteiger partial charge on any atom is 0.319 e. The molecule has 0 bridgehead atoms. The second kappa shape index (κ2) is 9.14. The van der Waals surface area contributed by atoms with Crippen molar-refractivity contribution in [3.8, 4) is 0 Å². The first-order valence-electron chi connectivity index (χ1n) is 10.6. The molecular weight excluding hydrogens is 422 g/mol. The van der Waals surface area contributed by atoms with Gasteiger partial charge in [0.2, 0.25) is 0 Å². The van der Waals surface area contributed by atoms with Crippen LogP contribution in [-0.4, -0.2) is 30.2 Å². The summed E-state index contributed by atoms with van der Waals surface area (Å²) in [6.45, 7) is 4.39. The van der Waals surface area contributed by atoms with Crippen LogP contribution in [0.3, 0.4) is 0 Å². The van der Waals surface area contributed by atoms with Gasteiger partial charge in [-0.3, -0.25) is 4.79 Å². The zero-order chi connectivity index (χ0) is 22.7. The number of nitrogens with one attached hydrogen (secondary N) is 2. The van der Waals surface area contributed by atoms with E-state index in [0.29, 0.717) is 17.8 Å². The lowest BCUT2D eigenvalue weighted by molar-refractivity contribution is 0.0989. The van der Waals surface area contributed by atoms with Gasteiger partial charge in [0.15, 0.2) is 0 Å². The van der Waals surface area contributed by atoms with Crippen molar-refractivity contribution in [1.29, 1.82) is 0 Å². The predicted molar refractivity (Wildman–Crippen MR) is 128 cm³/mol. The number of anilines is 2. The van der Waals surface area contributed by atoms with E-state index < -0.39 is 5.41 Å². The molecule has 4 rings (SSSR count). The van der Waals surface area contributed by atoms with Gasteiger partial charge in [0.1, 0.15) is 0 Å². The smallest absolute Gasteiger partial charge is 0.319 e. The molecule has 0 spiro atoms. The number of fused-ring (bicyclic) bond motifs is 1. The number of amides is 3. The lowest BCUT2D eigenvalue weighted by Crippen LogP contribution is -2.41. The van der Waals surface area contributed by atoms with Crippen molar-refractivity contribution in [2.24, 2.45) is 5.41 Å². The van der Waals surface area contributed by atoms with Crippen LogP contribution in [0.2, 0.25) is 0 Å². The fraction of sp³-hybridized carbons (Fsp3) is 0.280. The molecule has 0 radical (unpaired) electrons. The fourth-order valence-corrected chi connectivity index (χ4v) is 4.92. The van der Waals surface area contributed by atoms with Gasteiger partial charge in [-0.25, -0.2) is 4.79 Å². The molecule has 3 N–H and O–H groups in total. The molecule has 166 valence electrons. The van der Waals surface area contributed by atoms with E-state index in [1.165, 1.54) is 16.9 Å². The minimum atomic E-state index is -0.539. The summed E-state index contributed by atoms with van der Waals surface area (Å²) >= 11 is 1.53. The number of carbonyl (C=O) groups is 2. The number of carbonyl (C=O) groups excluding carboxylic acids is 2.